The van der Waals surface area contributed by atoms with Crippen LogP contribution in [0.25, 0.3) is 44.7 Å². The number of amides is 4. The lowest BCUT2D eigenvalue weighted by Gasteiger charge is -2.26. The highest BCUT2D eigenvalue weighted by molar-refractivity contribution is 5.97. The molecule has 0 bridgehead atoms. The molecule has 20 N–H and O–H groups in total. The molecule has 124 heavy (non-hydrogen) atoms. The quantitative estimate of drug-likeness (QED) is 0.0197. The number of nitrogens with zero attached hydrogens (tertiary/aromatic N) is 19. The van der Waals surface area contributed by atoms with Crippen LogP contribution in [0, 0.1) is 0 Å². The van der Waals surface area contributed by atoms with Crippen molar-refractivity contribution in [1.82, 2.24) is 114 Å². The number of hydrogen-bond donors (Lipinski definition) is 20. The van der Waals surface area contributed by atoms with Crippen LogP contribution in [0.3, 0.4) is 0 Å². The van der Waals surface area contributed by atoms with Crippen LogP contribution in [-0.4, -0.2) is 371 Å². The highest BCUT2D eigenvalue weighted by atomic mass is 16.6. The molecule has 4 amide bonds. The number of aliphatic hydroxyl groups is 12. The molecule has 16 rings (SSSR count). The minimum Gasteiger partial charge on any atom is -0.394 e. The Balaban J connectivity index is 0.000000142. The molecule has 9 aromatic heterocycles. The van der Waals surface area contributed by atoms with E-state index in [-0.39, 0.29) is 45.9 Å². The van der Waals surface area contributed by atoms with Gasteiger partial charge in [-0.05, 0) is 88.9 Å². The third-order valence-corrected chi connectivity index (χ3v) is 21.8. The Kier molecular flexibility index (Phi) is 30.8. The first-order valence-corrected chi connectivity index (χ1v) is 40.8. The second-order valence-electron chi connectivity index (χ2n) is 29.9. The van der Waals surface area contributed by atoms with Crippen LogP contribution in [-0.2, 0) is 31.8 Å². The summed E-state index contributed by atoms with van der Waals surface area (Å²) in [6.07, 6.45) is -2.64. The summed E-state index contributed by atoms with van der Waals surface area (Å²) >= 11 is 0. The maximum Gasteiger partial charge on any atom is 0.289 e. The van der Waals surface area contributed by atoms with Gasteiger partial charge in [0.25, 0.3) is 23.6 Å². The van der Waals surface area contributed by atoms with Gasteiger partial charge in [-0.25, -0.2) is 59.8 Å². The van der Waals surface area contributed by atoms with Gasteiger partial charge in [0.15, 0.2) is 92.8 Å². The zero-order chi connectivity index (χ0) is 87.8. The third kappa shape index (κ3) is 20.3. The molecule has 47 heteroatoms. The van der Waals surface area contributed by atoms with Crippen molar-refractivity contribution in [3.63, 3.8) is 0 Å². The summed E-state index contributed by atoms with van der Waals surface area (Å²) in [5, 5.41) is 142. The number of carbonyl (C=O) groups excluding carboxylic acids is 4. The van der Waals surface area contributed by atoms with Crippen LogP contribution < -0.4 is 42.5 Å². The first kappa shape index (κ1) is 90.7. The number of benzene rings is 1. The fourth-order valence-electron chi connectivity index (χ4n) is 15.1. The molecular weight excluding hydrogens is 1620 g/mol. The van der Waals surface area contributed by atoms with Crippen molar-refractivity contribution < 1.29 is 99.4 Å². The third-order valence-electron chi connectivity index (χ3n) is 21.8. The van der Waals surface area contributed by atoms with Crippen molar-refractivity contribution in [2.24, 2.45) is 0 Å². The molecule has 0 unspecified atom stereocenters. The monoisotopic (exact) mass is 1730 g/mol. The zero-order valence-corrected chi connectivity index (χ0v) is 68.4. The summed E-state index contributed by atoms with van der Waals surface area (Å²) in [6.45, 7) is 6.01. The summed E-state index contributed by atoms with van der Waals surface area (Å²) in [5.41, 5.74) is 4.51. The van der Waals surface area contributed by atoms with Gasteiger partial charge < -0.3 is 133 Å². The molecular formula is C77H105N27O20. The first-order chi connectivity index (χ1) is 60.1. The Hall–Kier alpha value is -11.1. The highest BCUT2D eigenvalue weighted by Gasteiger charge is 2.48. The number of hydrogen-bond acceptors (Lipinski definition) is 39. The van der Waals surface area contributed by atoms with Crippen LogP contribution >= 0.6 is 0 Å². The van der Waals surface area contributed by atoms with E-state index in [0.29, 0.717) is 84.4 Å². The number of pyridine rings is 1. The molecule has 16 atom stereocenters. The van der Waals surface area contributed by atoms with Crippen molar-refractivity contribution in [3.05, 3.63) is 115 Å². The number of aliphatic hydroxyl groups excluding tert-OH is 12. The number of carbonyl (C=O) groups is 4. The van der Waals surface area contributed by atoms with Crippen LogP contribution in [0.5, 0.6) is 0 Å². The van der Waals surface area contributed by atoms with Gasteiger partial charge in [-0.15, -0.1) is 0 Å². The van der Waals surface area contributed by atoms with Gasteiger partial charge in [0.1, 0.15) is 73.2 Å². The van der Waals surface area contributed by atoms with Crippen LogP contribution in [0.1, 0.15) is 117 Å². The van der Waals surface area contributed by atoms with Crippen molar-refractivity contribution in [2.45, 2.75) is 150 Å². The number of likely N-dealkylation sites (tertiary alicyclic amines) is 2. The molecule has 10 aromatic rings. The van der Waals surface area contributed by atoms with Gasteiger partial charge in [0.05, 0.1) is 51.7 Å². The molecule has 668 valence electrons. The van der Waals surface area contributed by atoms with Crippen molar-refractivity contribution in [2.75, 3.05) is 141 Å². The Bertz CT molecular complexity index is 5050. The second-order valence-corrected chi connectivity index (χ2v) is 29.9. The minimum absolute atomic E-state index is 0.0356. The van der Waals surface area contributed by atoms with Gasteiger partial charge in [0, 0.05) is 79.2 Å². The normalized spacial score (nSPS) is 25.0. The Morgan fingerprint density at radius 1 is 0.363 bits per heavy atom. The fourth-order valence-corrected chi connectivity index (χ4v) is 15.1. The van der Waals surface area contributed by atoms with E-state index in [1.807, 2.05) is 48.5 Å². The number of piperidine rings is 1. The van der Waals surface area contributed by atoms with E-state index in [4.69, 9.17) is 18.9 Å². The van der Waals surface area contributed by atoms with Crippen LogP contribution in [0.2, 0.25) is 0 Å². The number of anilines is 4. The molecule has 6 aliphatic rings. The molecule has 0 aliphatic carbocycles. The highest BCUT2D eigenvalue weighted by Crippen LogP contribution is 2.37. The average Bonchev–Trinajstić information content (AvgIpc) is 1.63. The standard InChI is InChI=1S/C20H24N6O5.C19H29N7O5.C19H23N7O5.C19H29N7O5/c1-21-16-13-18(26(10-23-13)20-15(29)14(28)12(9-27)31-20)25-17(24-16)19(30)22-8-7-11-5-3-2-4-6-11;1-20-15-12-17(26(10-22-12)19-14(29)13(28)11(9-27)31-19)24-16(23-15)18(30)21-5-4-8-25-6-2-3-7-25;1-20-15-12-17(26(9-23-12)19-14(29)13(28)11(8-27)31-19)25-16(24-15)18(30)22-7-5-10-4-2-3-6-21-10;1-20-15-12-17(26(10-22-12)19-14(29)13(28)11(9-27)31-19)24-16(23-15)18(30)21-5-8-25-6-3-2-4-7-25/h2-6,10,12,14-15,20,27-29H,7-9H2,1H3,(H,22,30)(H,21,24,25);10-11,13-14,19,27-29H,2-9H2,1H3,(H,21,30)(H,20,23,24);2-4,6,9,11,13-14,19,27-29H,5,7-8H2,1H3,(H,22,30)(H,20,24,25);10-11,13-14,19,27-29H,2-9H2,1H3,(H,21,30)(H,20,23,24)/t12-,14-,15-,20-;3*11-,13-,14-,19-/m1111/s1. The Morgan fingerprint density at radius 3 is 1.00 bits per heavy atom. The number of imidazole rings is 4. The lowest BCUT2D eigenvalue weighted by atomic mass is 10.1. The number of ether oxygens (including phenoxy) is 4. The molecule has 47 nitrogen and oxygen atoms in total. The van der Waals surface area contributed by atoms with Gasteiger partial charge >= 0.3 is 0 Å². The van der Waals surface area contributed by atoms with Gasteiger partial charge in [-0.1, -0.05) is 42.8 Å². The largest absolute Gasteiger partial charge is 0.394 e. The van der Waals surface area contributed by atoms with Crippen LogP contribution in [0.15, 0.2) is 80.0 Å². The fraction of sp³-hybridized carbons (Fsp3) is 0.545. The maximum absolute atomic E-state index is 12.7. The molecule has 0 radical (unpaired) electrons. The molecule has 0 saturated carbocycles. The average molecular weight is 1730 g/mol. The van der Waals surface area contributed by atoms with E-state index >= 15 is 0 Å². The molecule has 6 saturated heterocycles. The Labute approximate surface area is 707 Å². The maximum atomic E-state index is 12.7. The predicted molar refractivity (Wildman–Crippen MR) is 440 cm³/mol. The molecule has 0 spiro atoms. The smallest absolute Gasteiger partial charge is 0.289 e. The number of aromatic nitrogens is 17. The summed E-state index contributed by atoms with van der Waals surface area (Å²) in [5.74, 6) is -0.617. The van der Waals surface area contributed by atoms with E-state index < -0.39 is 148 Å². The first-order valence-electron chi connectivity index (χ1n) is 40.8. The summed E-state index contributed by atoms with van der Waals surface area (Å²) in [6, 6.07) is 15.3. The zero-order valence-electron chi connectivity index (χ0n) is 68.4. The number of rotatable bonds is 29. The van der Waals surface area contributed by atoms with E-state index in [2.05, 4.69) is 117 Å². The van der Waals surface area contributed by atoms with E-state index in [1.54, 1.807) is 34.4 Å². The van der Waals surface area contributed by atoms with Crippen molar-refractivity contribution in [3.8, 4) is 0 Å². The second kappa shape index (κ2) is 42.1. The van der Waals surface area contributed by atoms with Crippen molar-refractivity contribution in [1.29, 1.82) is 0 Å². The van der Waals surface area contributed by atoms with E-state index in [9.17, 15) is 80.5 Å². The molecule has 6 aliphatic heterocycles. The van der Waals surface area contributed by atoms with E-state index in [0.717, 1.165) is 56.9 Å². The van der Waals surface area contributed by atoms with Gasteiger partial charge in [-0.3, -0.25) is 42.4 Å². The number of fused-ring (bicyclic) bond motifs is 4. The lowest BCUT2D eigenvalue weighted by molar-refractivity contribution is -0.0511. The van der Waals surface area contributed by atoms with Gasteiger partial charge in [-0.2, -0.15) is 0 Å². The van der Waals surface area contributed by atoms with E-state index in [1.165, 1.54) is 75.7 Å². The minimum atomic E-state index is -1.31. The summed E-state index contributed by atoms with van der Waals surface area (Å²) in [7, 11) is 6.59. The van der Waals surface area contributed by atoms with Crippen molar-refractivity contribution >= 4 is 91.6 Å². The predicted octanol–water partition coefficient (Wildman–Crippen LogP) is -4.31. The van der Waals surface area contributed by atoms with Gasteiger partial charge in [0.2, 0.25) is 23.3 Å². The molecule has 15 heterocycles. The SMILES string of the molecule is CNc1nc(C(=O)NCCCN2CCCC2)nc2c1ncn2[C@@H]1O[C@H](CO)[C@@H](O)[C@H]1O.CNc1nc(C(=O)NCCN2CCCCC2)nc2c1ncn2[C@@H]1O[C@H](CO)[C@@H](O)[C@H]1O.CNc1nc(C(=O)NCCc2ccccc2)nc2c1ncn2[C@@H]1O[C@H](CO)[C@@H](O)[C@H]1O.CNc1nc(C(=O)NCCc2ccccn2)nc2c1ncn2[C@@H]1O[C@H](CO)[C@@H](O)[C@H]1O. The molecule has 1 aromatic carbocycles. The lowest BCUT2D eigenvalue weighted by Crippen LogP contribution is -2.38. The number of nitrogens with one attached hydrogen (secondary N) is 8. The summed E-state index contributed by atoms with van der Waals surface area (Å²) in [4.78, 5) is 111. The molecule has 6 fully saturated rings. The Morgan fingerprint density at radius 2 is 0.677 bits per heavy atom. The topological polar surface area (TPSA) is 638 Å². The summed E-state index contributed by atoms with van der Waals surface area (Å²) < 4.78 is 28.0. The van der Waals surface area contributed by atoms with Crippen LogP contribution in [0.4, 0.5) is 23.3 Å².